The zero-order valence-electron chi connectivity index (χ0n) is 26.0. The third-order valence-electron chi connectivity index (χ3n) is 8.49. The molecule has 3 heterocycles. The highest BCUT2D eigenvalue weighted by atomic mass is 32.1. The van der Waals surface area contributed by atoms with Crippen molar-refractivity contribution in [2.75, 3.05) is 6.61 Å². The second-order valence-corrected chi connectivity index (χ2v) is 12.7. The maximum atomic E-state index is 14.3. The Morgan fingerprint density at radius 2 is 1.73 bits per heavy atom. The van der Waals surface area contributed by atoms with Gasteiger partial charge in [0.15, 0.2) is 4.80 Å². The van der Waals surface area contributed by atoms with Gasteiger partial charge >= 0.3 is 5.97 Å². The Morgan fingerprint density at radius 3 is 2.41 bits per heavy atom. The lowest BCUT2D eigenvalue weighted by Gasteiger charge is -2.25. The van der Waals surface area contributed by atoms with Crippen molar-refractivity contribution in [3.05, 3.63) is 137 Å². The molecule has 1 aliphatic rings. The molecule has 0 N–H and O–H groups in total. The number of benzene rings is 3. The van der Waals surface area contributed by atoms with E-state index in [1.165, 1.54) is 28.0 Å². The Bertz CT molecular complexity index is 2100. The number of hydrogen-bond acceptors (Lipinski definition) is 5. The number of nitrogens with zero attached hydrogens (tertiary/aromatic N) is 3. The minimum Gasteiger partial charge on any atom is -0.463 e. The average Bonchev–Trinajstić information content (AvgIpc) is 3.46. The van der Waals surface area contributed by atoms with Crippen LogP contribution < -0.4 is 14.9 Å². The average molecular weight is 604 g/mol. The van der Waals surface area contributed by atoms with Gasteiger partial charge in [-0.2, -0.15) is 0 Å². The number of rotatable bonds is 7. The van der Waals surface area contributed by atoms with Crippen molar-refractivity contribution < 1.29 is 9.53 Å². The molecule has 1 atom stereocenters. The molecule has 224 valence electrons. The summed E-state index contributed by atoms with van der Waals surface area (Å²) >= 11 is 1.36. The fourth-order valence-electron chi connectivity index (χ4n) is 6.19. The van der Waals surface area contributed by atoms with Crippen LogP contribution in [-0.4, -0.2) is 21.7 Å². The van der Waals surface area contributed by atoms with E-state index < -0.39 is 12.0 Å². The lowest BCUT2D eigenvalue weighted by Crippen LogP contribution is -2.40. The first-order valence-corrected chi connectivity index (χ1v) is 15.9. The minimum absolute atomic E-state index is 0.169. The summed E-state index contributed by atoms with van der Waals surface area (Å²) in [5, 5.41) is 1.11. The van der Waals surface area contributed by atoms with Crippen LogP contribution in [0.4, 0.5) is 0 Å². The van der Waals surface area contributed by atoms with Crippen molar-refractivity contribution >= 4 is 34.3 Å². The Kier molecular flexibility index (Phi) is 7.99. The van der Waals surface area contributed by atoms with Crippen LogP contribution in [0.5, 0.6) is 0 Å². The predicted molar refractivity (Wildman–Crippen MR) is 178 cm³/mol. The standard InChI is InChI=1S/C37H37N3O3S/c1-7-43-36(42)32-24(5)38-37-40(34(32)28-18-16-27(17-19-28)22(2)3)35(41)31(44-37)20-30-25(6)39(21-26-13-9-8-10-14-26)33-23(4)12-11-15-29(30)33/h8-20,22,34H,7,21H2,1-6H3/b31-20-/t34-/m1/s1. The molecule has 3 aromatic carbocycles. The zero-order chi connectivity index (χ0) is 31.1. The van der Waals surface area contributed by atoms with Gasteiger partial charge < -0.3 is 9.30 Å². The fraction of sp³-hybridized carbons (Fsp3) is 0.270. The van der Waals surface area contributed by atoms with Gasteiger partial charge in [0.2, 0.25) is 0 Å². The molecular weight excluding hydrogens is 566 g/mol. The summed E-state index contributed by atoms with van der Waals surface area (Å²) < 4.78 is 10.1. The van der Waals surface area contributed by atoms with Crippen LogP contribution in [0.25, 0.3) is 17.0 Å². The van der Waals surface area contributed by atoms with Gasteiger partial charge in [0.1, 0.15) is 0 Å². The van der Waals surface area contributed by atoms with Crippen molar-refractivity contribution in [3.8, 4) is 0 Å². The number of esters is 1. The van der Waals surface area contributed by atoms with E-state index in [9.17, 15) is 9.59 Å². The number of aryl methyl sites for hydroxylation is 1. The first kappa shape index (κ1) is 29.6. The van der Waals surface area contributed by atoms with Gasteiger partial charge in [0.05, 0.1) is 34.0 Å². The molecule has 7 heteroatoms. The predicted octanol–water partition coefficient (Wildman–Crippen LogP) is 6.54. The van der Waals surface area contributed by atoms with Crippen molar-refractivity contribution in [2.45, 2.75) is 60.0 Å². The maximum Gasteiger partial charge on any atom is 0.338 e. The van der Waals surface area contributed by atoms with E-state index in [1.54, 1.807) is 11.5 Å². The number of fused-ring (bicyclic) bond motifs is 2. The number of hydrogen-bond donors (Lipinski definition) is 0. The number of carbonyl (C=O) groups is 1. The van der Waals surface area contributed by atoms with Crippen molar-refractivity contribution in [3.63, 3.8) is 0 Å². The van der Waals surface area contributed by atoms with Crippen molar-refractivity contribution in [2.24, 2.45) is 4.99 Å². The molecule has 0 saturated carbocycles. The Labute approximate surface area is 261 Å². The summed E-state index contributed by atoms with van der Waals surface area (Å²) in [7, 11) is 0. The molecular formula is C37H37N3O3S. The number of thiazole rings is 1. The van der Waals surface area contributed by atoms with Crippen LogP contribution in [0.15, 0.2) is 93.9 Å². The minimum atomic E-state index is -0.628. The van der Waals surface area contributed by atoms with E-state index in [0.717, 1.165) is 34.3 Å². The van der Waals surface area contributed by atoms with E-state index in [-0.39, 0.29) is 12.2 Å². The van der Waals surface area contributed by atoms with Crippen LogP contribution in [0.2, 0.25) is 0 Å². The van der Waals surface area contributed by atoms with Crippen molar-refractivity contribution in [1.29, 1.82) is 0 Å². The normalized spacial score (nSPS) is 15.2. The van der Waals surface area contributed by atoms with Gasteiger partial charge in [0.25, 0.3) is 5.56 Å². The zero-order valence-corrected chi connectivity index (χ0v) is 26.9. The highest BCUT2D eigenvalue weighted by Gasteiger charge is 2.33. The second-order valence-electron chi connectivity index (χ2n) is 11.7. The number of carbonyl (C=O) groups excluding carboxylic acids is 1. The number of aromatic nitrogens is 2. The topological polar surface area (TPSA) is 65.6 Å². The molecule has 44 heavy (non-hydrogen) atoms. The van der Waals surface area contributed by atoms with Crippen molar-refractivity contribution in [1.82, 2.24) is 9.13 Å². The Hall–Kier alpha value is -4.49. The van der Waals surface area contributed by atoms with Gasteiger partial charge in [-0.3, -0.25) is 9.36 Å². The monoisotopic (exact) mass is 603 g/mol. The third kappa shape index (κ3) is 5.15. The van der Waals surface area contributed by atoms with Crippen LogP contribution >= 0.6 is 11.3 Å². The summed E-state index contributed by atoms with van der Waals surface area (Å²) in [6.07, 6.45) is 2.00. The van der Waals surface area contributed by atoms with E-state index in [4.69, 9.17) is 9.73 Å². The molecule has 6 rings (SSSR count). The lowest BCUT2D eigenvalue weighted by molar-refractivity contribution is -0.139. The van der Waals surface area contributed by atoms with Gasteiger partial charge in [-0.1, -0.05) is 98.0 Å². The molecule has 0 unspecified atom stereocenters. The largest absolute Gasteiger partial charge is 0.463 e. The molecule has 1 aliphatic heterocycles. The fourth-order valence-corrected chi connectivity index (χ4v) is 7.22. The lowest BCUT2D eigenvalue weighted by atomic mass is 9.93. The number of ether oxygens (including phenoxy) is 1. The molecule has 0 bridgehead atoms. The summed E-state index contributed by atoms with van der Waals surface area (Å²) in [6.45, 7) is 13.1. The highest BCUT2D eigenvalue weighted by Crippen LogP contribution is 2.32. The first-order valence-electron chi connectivity index (χ1n) is 15.1. The number of allylic oxidation sites excluding steroid dienone is 1. The van der Waals surface area contributed by atoms with Crippen LogP contribution in [0, 0.1) is 13.8 Å². The van der Waals surface area contributed by atoms with Crippen LogP contribution in [0.3, 0.4) is 0 Å². The van der Waals surface area contributed by atoms with Gasteiger partial charge in [-0.15, -0.1) is 0 Å². The van der Waals surface area contributed by atoms with E-state index in [1.807, 2.05) is 31.2 Å². The summed E-state index contributed by atoms with van der Waals surface area (Å²) in [6, 6.07) is 24.3. The molecule has 5 aromatic rings. The molecule has 2 aromatic heterocycles. The SMILES string of the molecule is CCOC(=O)C1=C(C)N=c2s/c(=C\c3c(C)n(Cc4ccccc4)c4c(C)cccc34)c(=O)n2[C@@H]1c1ccc(C(C)C)cc1. The third-order valence-corrected chi connectivity index (χ3v) is 9.47. The van der Waals surface area contributed by atoms with Gasteiger partial charge in [-0.25, -0.2) is 9.79 Å². The molecule has 6 nitrogen and oxygen atoms in total. The molecule has 0 aliphatic carbocycles. The van der Waals surface area contributed by atoms with Crippen LogP contribution in [0.1, 0.15) is 73.2 Å². The van der Waals surface area contributed by atoms with E-state index >= 15 is 0 Å². The first-order chi connectivity index (χ1) is 21.2. The second kappa shape index (κ2) is 11.9. The summed E-state index contributed by atoms with van der Waals surface area (Å²) in [5.74, 6) is -0.0833. The Morgan fingerprint density at radius 1 is 1.00 bits per heavy atom. The van der Waals surface area contributed by atoms with Gasteiger partial charge in [0, 0.05) is 23.2 Å². The van der Waals surface area contributed by atoms with E-state index in [0.29, 0.717) is 26.5 Å². The smallest absolute Gasteiger partial charge is 0.338 e. The number of para-hydroxylation sites is 1. The summed E-state index contributed by atoms with van der Waals surface area (Å²) in [4.78, 5) is 33.0. The maximum absolute atomic E-state index is 14.3. The molecule has 0 fully saturated rings. The Balaban J connectivity index is 1.56. The van der Waals surface area contributed by atoms with Gasteiger partial charge in [-0.05, 0) is 61.9 Å². The molecule has 0 amide bonds. The summed E-state index contributed by atoms with van der Waals surface area (Å²) in [5.41, 5.74) is 8.51. The van der Waals surface area contributed by atoms with E-state index in [2.05, 4.69) is 86.9 Å². The quantitative estimate of drug-likeness (QED) is 0.199. The molecule has 0 saturated heterocycles. The molecule has 0 radical (unpaired) electrons. The highest BCUT2D eigenvalue weighted by molar-refractivity contribution is 7.07. The molecule has 0 spiro atoms. The van der Waals surface area contributed by atoms with Crippen LogP contribution in [-0.2, 0) is 16.1 Å².